The van der Waals surface area contributed by atoms with Gasteiger partial charge in [0.15, 0.2) is 0 Å². The lowest BCUT2D eigenvalue weighted by Gasteiger charge is -2.04. The van der Waals surface area contributed by atoms with Crippen LogP contribution < -0.4 is 5.73 Å². The van der Waals surface area contributed by atoms with Crippen molar-refractivity contribution in [2.75, 3.05) is 33.5 Å². The van der Waals surface area contributed by atoms with Crippen LogP contribution in [0.2, 0.25) is 0 Å². The Morgan fingerprint density at radius 1 is 1.06 bits per heavy atom. The van der Waals surface area contributed by atoms with Gasteiger partial charge in [-0.25, -0.2) is 0 Å². The second kappa shape index (κ2) is 9.56. The summed E-state index contributed by atoms with van der Waals surface area (Å²) in [5.74, 6) is 0. The van der Waals surface area contributed by atoms with Gasteiger partial charge < -0.3 is 19.9 Å². The van der Waals surface area contributed by atoms with Crippen LogP contribution in [0, 0.1) is 0 Å². The summed E-state index contributed by atoms with van der Waals surface area (Å²) in [6, 6.07) is 4.12. The van der Waals surface area contributed by atoms with Crippen molar-refractivity contribution in [1.29, 1.82) is 0 Å². The molecule has 5 heteroatoms. The first-order chi connectivity index (χ1) is 8.36. The van der Waals surface area contributed by atoms with Crippen molar-refractivity contribution in [2.24, 2.45) is 5.73 Å². The van der Waals surface area contributed by atoms with Crippen molar-refractivity contribution in [3.05, 3.63) is 21.9 Å². The molecule has 4 nitrogen and oxygen atoms in total. The fourth-order valence-corrected chi connectivity index (χ4v) is 2.12. The molecule has 98 valence electrons. The van der Waals surface area contributed by atoms with Crippen LogP contribution in [0.25, 0.3) is 0 Å². The topological polar surface area (TPSA) is 53.7 Å². The van der Waals surface area contributed by atoms with Crippen molar-refractivity contribution in [3.8, 4) is 0 Å². The highest BCUT2D eigenvalue weighted by atomic mass is 32.1. The van der Waals surface area contributed by atoms with E-state index in [9.17, 15) is 0 Å². The van der Waals surface area contributed by atoms with Gasteiger partial charge in [0.1, 0.15) is 0 Å². The molecule has 1 heterocycles. The fraction of sp³-hybridized carbons (Fsp3) is 0.667. The lowest BCUT2D eigenvalue weighted by atomic mass is 10.4. The highest BCUT2D eigenvalue weighted by Crippen LogP contribution is 2.16. The van der Waals surface area contributed by atoms with Gasteiger partial charge in [0.2, 0.25) is 0 Å². The molecule has 2 N–H and O–H groups in total. The Balaban J connectivity index is 1.93. The Hall–Kier alpha value is -0.460. The second-order valence-electron chi connectivity index (χ2n) is 3.58. The minimum absolute atomic E-state index is 0.609. The largest absolute Gasteiger partial charge is 0.382 e. The maximum atomic E-state index is 5.54. The lowest BCUT2D eigenvalue weighted by molar-refractivity contribution is 0.0488. The Morgan fingerprint density at radius 3 is 2.53 bits per heavy atom. The summed E-state index contributed by atoms with van der Waals surface area (Å²) < 4.78 is 15.7. The van der Waals surface area contributed by atoms with E-state index < -0.39 is 0 Å². The van der Waals surface area contributed by atoms with E-state index in [1.807, 2.05) is 0 Å². The van der Waals surface area contributed by atoms with E-state index in [1.165, 1.54) is 9.75 Å². The lowest BCUT2D eigenvalue weighted by Crippen LogP contribution is -2.05. The van der Waals surface area contributed by atoms with Gasteiger partial charge in [0.05, 0.1) is 19.8 Å². The molecule has 1 aromatic rings. The van der Waals surface area contributed by atoms with Crippen LogP contribution >= 0.6 is 11.3 Å². The molecule has 0 aliphatic rings. The number of hydrogen-bond donors (Lipinski definition) is 1. The molecule has 17 heavy (non-hydrogen) atoms. The van der Waals surface area contributed by atoms with E-state index in [4.69, 9.17) is 19.9 Å². The number of methoxy groups -OCH3 is 1. The van der Waals surface area contributed by atoms with Crippen LogP contribution in [-0.2, 0) is 27.4 Å². The summed E-state index contributed by atoms with van der Waals surface area (Å²) in [4.78, 5) is 2.43. The molecule has 0 fully saturated rings. The second-order valence-corrected chi connectivity index (χ2v) is 4.84. The number of thiophene rings is 1. The molecule has 0 aliphatic carbocycles. The molecular weight excluding hydrogens is 238 g/mol. The Labute approximate surface area is 107 Å². The van der Waals surface area contributed by atoms with Gasteiger partial charge in [-0.1, -0.05) is 0 Å². The van der Waals surface area contributed by atoms with E-state index in [-0.39, 0.29) is 0 Å². The van der Waals surface area contributed by atoms with Gasteiger partial charge in [0, 0.05) is 36.6 Å². The van der Waals surface area contributed by atoms with Gasteiger partial charge in [0.25, 0.3) is 0 Å². The SMILES string of the molecule is COCCOCCCOCc1ccc(CN)s1. The van der Waals surface area contributed by atoms with Crippen molar-refractivity contribution in [1.82, 2.24) is 0 Å². The smallest absolute Gasteiger partial charge is 0.0809 e. The minimum Gasteiger partial charge on any atom is -0.382 e. The van der Waals surface area contributed by atoms with Crippen LogP contribution in [0.15, 0.2) is 12.1 Å². The van der Waals surface area contributed by atoms with Crippen LogP contribution in [0.4, 0.5) is 0 Å². The molecule has 0 saturated carbocycles. The average molecular weight is 259 g/mol. The zero-order chi connectivity index (χ0) is 12.3. The first-order valence-electron chi connectivity index (χ1n) is 5.79. The van der Waals surface area contributed by atoms with Crippen LogP contribution in [0.3, 0.4) is 0 Å². The Morgan fingerprint density at radius 2 is 1.82 bits per heavy atom. The third-order valence-corrected chi connectivity index (χ3v) is 3.25. The van der Waals surface area contributed by atoms with Gasteiger partial charge in [-0.15, -0.1) is 11.3 Å². The average Bonchev–Trinajstić information content (AvgIpc) is 2.80. The van der Waals surface area contributed by atoms with Crippen LogP contribution in [0.5, 0.6) is 0 Å². The van der Waals surface area contributed by atoms with Gasteiger partial charge >= 0.3 is 0 Å². The van der Waals surface area contributed by atoms with Crippen LogP contribution in [-0.4, -0.2) is 33.5 Å². The number of nitrogens with two attached hydrogens (primary N) is 1. The summed E-state index contributed by atoms with van der Waals surface area (Å²) in [6.07, 6.45) is 0.916. The van der Waals surface area contributed by atoms with Crippen molar-refractivity contribution >= 4 is 11.3 Å². The standard InChI is InChI=1S/C12H21NO3S/c1-14-7-8-15-5-2-6-16-10-12-4-3-11(9-13)17-12/h3-4H,2,5-10,13H2,1H3. The maximum absolute atomic E-state index is 5.54. The summed E-state index contributed by atoms with van der Waals surface area (Å²) in [7, 11) is 1.67. The minimum atomic E-state index is 0.609. The normalized spacial score (nSPS) is 10.9. The van der Waals surface area contributed by atoms with Crippen molar-refractivity contribution < 1.29 is 14.2 Å². The maximum Gasteiger partial charge on any atom is 0.0809 e. The summed E-state index contributed by atoms with van der Waals surface area (Å²) in [5.41, 5.74) is 5.54. The summed E-state index contributed by atoms with van der Waals surface area (Å²) in [6.45, 7) is 4.03. The predicted octanol–water partition coefficient (Wildman–Crippen LogP) is 1.78. The molecule has 0 spiro atoms. The van der Waals surface area contributed by atoms with E-state index in [0.29, 0.717) is 26.4 Å². The highest BCUT2D eigenvalue weighted by molar-refractivity contribution is 7.11. The Kier molecular flexibility index (Phi) is 8.21. The molecule has 0 aliphatic heterocycles. The summed E-state index contributed by atoms with van der Waals surface area (Å²) >= 11 is 1.71. The predicted molar refractivity (Wildman–Crippen MR) is 69.2 cm³/mol. The quantitative estimate of drug-likeness (QED) is 0.651. The number of ether oxygens (including phenoxy) is 3. The molecule has 1 aromatic heterocycles. The van der Waals surface area contributed by atoms with Gasteiger partial charge in [-0.2, -0.15) is 0 Å². The van der Waals surface area contributed by atoms with E-state index >= 15 is 0 Å². The van der Waals surface area contributed by atoms with Crippen molar-refractivity contribution in [2.45, 2.75) is 19.6 Å². The molecule has 0 unspecified atom stereocenters. The third kappa shape index (κ3) is 6.75. The monoisotopic (exact) mass is 259 g/mol. The fourth-order valence-electron chi connectivity index (χ4n) is 1.29. The summed E-state index contributed by atoms with van der Waals surface area (Å²) in [5, 5.41) is 0. The zero-order valence-corrected chi connectivity index (χ0v) is 11.1. The third-order valence-electron chi connectivity index (χ3n) is 2.17. The van der Waals surface area contributed by atoms with E-state index in [1.54, 1.807) is 18.4 Å². The highest BCUT2D eigenvalue weighted by Gasteiger charge is 1.98. The zero-order valence-electron chi connectivity index (χ0n) is 10.3. The molecule has 0 bridgehead atoms. The molecule has 0 aromatic carbocycles. The molecule has 0 saturated heterocycles. The first kappa shape index (κ1) is 14.6. The van der Waals surface area contributed by atoms with E-state index in [2.05, 4.69) is 12.1 Å². The molecule has 0 amide bonds. The number of rotatable bonds is 10. The molecule has 0 radical (unpaired) electrons. The molecule has 1 rings (SSSR count). The van der Waals surface area contributed by atoms with Crippen LogP contribution in [0.1, 0.15) is 16.2 Å². The van der Waals surface area contributed by atoms with Crippen molar-refractivity contribution in [3.63, 3.8) is 0 Å². The number of hydrogen-bond acceptors (Lipinski definition) is 5. The first-order valence-corrected chi connectivity index (χ1v) is 6.60. The van der Waals surface area contributed by atoms with E-state index in [0.717, 1.165) is 19.6 Å². The van der Waals surface area contributed by atoms with Gasteiger partial charge in [-0.3, -0.25) is 0 Å². The Bertz CT molecular complexity index is 291. The van der Waals surface area contributed by atoms with Gasteiger partial charge in [-0.05, 0) is 18.6 Å². The molecule has 0 atom stereocenters. The molecular formula is C12H21NO3S.